The van der Waals surface area contributed by atoms with Gasteiger partial charge in [0.25, 0.3) is 0 Å². The van der Waals surface area contributed by atoms with Gasteiger partial charge in [0.15, 0.2) is 0 Å². The molecule has 0 unspecified atom stereocenters. The highest BCUT2D eigenvalue weighted by Gasteiger charge is 2.05. The van der Waals surface area contributed by atoms with Crippen LogP contribution in [0, 0.1) is 6.92 Å². The zero-order valence-corrected chi connectivity index (χ0v) is 10.0. The van der Waals surface area contributed by atoms with Gasteiger partial charge in [-0.05, 0) is 20.4 Å². The number of hydrogen-bond donors (Lipinski definition) is 1. The summed E-state index contributed by atoms with van der Waals surface area (Å²) in [5, 5.41) is 3.11. The van der Waals surface area contributed by atoms with Crippen molar-refractivity contribution < 1.29 is 0 Å². The van der Waals surface area contributed by atoms with Crippen LogP contribution in [0.2, 0.25) is 0 Å². The molecule has 0 amide bonds. The molecule has 4 nitrogen and oxygen atoms in total. The molecule has 0 spiro atoms. The van der Waals surface area contributed by atoms with E-state index in [1.807, 2.05) is 27.2 Å². The smallest absolute Gasteiger partial charge is 0.225 e. The van der Waals surface area contributed by atoms with Crippen LogP contribution in [0.25, 0.3) is 0 Å². The van der Waals surface area contributed by atoms with Gasteiger partial charge in [-0.1, -0.05) is 6.92 Å². The van der Waals surface area contributed by atoms with Crippen LogP contribution in [0.15, 0.2) is 6.20 Å². The third-order valence-corrected chi connectivity index (χ3v) is 2.34. The van der Waals surface area contributed by atoms with Gasteiger partial charge in [0.2, 0.25) is 5.95 Å². The summed E-state index contributed by atoms with van der Waals surface area (Å²) in [7, 11) is 3.95. The lowest BCUT2D eigenvalue weighted by Crippen LogP contribution is -2.21. The van der Waals surface area contributed by atoms with Crippen LogP contribution < -0.4 is 10.2 Å². The monoisotopic (exact) mass is 208 g/mol. The first-order chi connectivity index (χ1) is 7.19. The molecule has 0 fully saturated rings. The summed E-state index contributed by atoms with van der Waals surface area (Å²) >= 11 is 0. The van der Waals surface area contributed by atoms with E-state index in [1.165, 1.54) is 0 Å². The van der Waals surface area contributed by atoms with Crippen molar-refractivity contribution in [3.05, 3.63) is 17.5 Å². The normalized spacial score (nSPS) is 10.4. The summed E-state index contributed by atoms with van der Waals surface area (Å²) < 4.78 is 0. The SMILES string of the molecule is CCCN(C)c1ncc(CNC)c(C)n1. The zero-order chi connectivity index (χ0) is 11.3. The van der Waals surface area contributed by atoms with Gasteiger partial charge in [-0.2, -0.15) is 0 Å². The predicted octanol–water partition coefficient (Wildman–Crippen LogP) is 1.35. The maximum atomic E-state index is 4.49. The molecule has 0 aromatic carbocycles. The van der Waals surface area contributed by atoms with Crippen molar-refractivity contribution in [3.8, 4) is 0 Å². The maximum absolute atomic E-state index is 4.49. The first kappa shape index (κ1) is 11.9. The number of nitrogens with one attached hydrogen (secondary N) is 1. The van der Waals surface area contributed by atoms with Crippen molar-refractivity contribution in [1.82, 2.24) is 15.3 Å². The Labute approximate surface area is 91.7 Å². The van der Waals surface area contributed by atoms with Crippen molar-refractivity contribution >= 4 is 5.95 Å². The Kier molecular flexibility index (Phi) is 4.49. The number of aryl methyl sites for hydroxylation is 1. The lowest BCUT2D eigenvalue weighted by Gasteiger charge is -2.16. The van der Waals surface area contributed by atoms with Gasteiger partial charge >= 0.3 is 0 Å². The Bertz CT molecular complexity index is 311. The van der Waals surface area contributed by atoms with Crippen LogP contribution >= 0.6 is 0 Å². The van der Waals surface area contributed by atoms with Crippen molar-refractivity contribution in [3.63, 3.8) is 0 Å². The van der Waals surface area contributed by atoms with E-state index < -0.39 is 0 Å². The van der Waals surface area contributed by atoms with Gasteiger partial charge in [-0.3, -0.25) is 0 Å². The second-order valence-corrected chi connectivity index (χ2v) is 3.73. The van der Waals surface area contributed by atoms with E-state index in [2.05, 4.69) is 27.1 Å². The molecular formula is C11H20N4. The maximum Gasteiger partial charge on any atom is 0.225 e. The van der Waals surface area contributed by atoms with Crippen molar-refractivity contribution in [1.29, 1.82) is 0 Å². The Morgan fingerprint density at radius 3 is 2.73 bits per heavy atom. The summed E-state index contributed by atoms with van der Waals surface area (Å²) in [6, 6.07) is 0. The highest BCUT2D eigenvalue weighted by Crippen LogP contribution is 2.09. The molecule has 1 aromatic heterocycles. The molecule has 0 saturated heterocycles. The fraction of sp³-hybridized carbons (Fsp3) is 0.636. The Balaban J connectivity index is 2.81. The van der Waals surface area contributed by atoms with E-state index in [0.29, 0.717) is 0 Å². The van der Waals surface area contributed by atoms with E-state index in [4.69, 9.17) is 0 Å². The van der Waals surface area contributed by atoms with E-state index in [9.17, 15) is 0 Å². The minimum absolute atomic E-state index is 0.814. The van der Waals surface area contributed by atoms with Gasteiger partial charge in [-0.15, -0.1) is 0 Å². The standard InChI is InChI=1S/C11H20N4/c1-5-6-15(4)11-13-8-10(7-12-3)9(2)14-11/h8,12H,5-7H2,1-4H3. The van der Waals surface area contributed by atoms with Crippen LogP contribution in [-0.2, 0) is 6.54 Å². The molecule has 0 radical (unpaired) electrons. The molecule has 1 heterocycles. The van der Waals surface area contributed by atoms with Crippen LogP contribution in [0.4, 0.5) is 5.95 Å². The summed E-state index contributed by atoms with van der Waals surface area (Å²) in [6.45, 7) is 5.99. The summed E-state index contributed by atoms with van der Waals surface area (Å²) in [5.74, 6) is 0.814. The second kappa shape index (κ2) is 5.66. The first-order valence-corrected chi connectivity index (χ1v) is 5.37. The number of aromatic nitrogens is 2. The van der Waals surface area contributed by atoms with Crippen LogP contribution in [0.5, 0.6) is 0 Å². The van der Waals surface area contributed by atoms with Gasteiger partial charge in [0, 0.05) is 37.6 Å². The van der Waals surface area contributed by atoms with Crippen molar-refractivity contribution in [2.75, 3.05) is 25.5 Å². The minimum atomic E-state index is 0.814. The summed E-state index contributed by atoms with van der Waals surface area (Å²) in [6.07, 6.45) is 3.01. The fourth-order valence-electron chi connectivity index (χ4n) is 1.46. The molecule has 0 bridgehead atoms. The first-order valence-electron chi connectivity index (χ1n) is 5.37. The molecule has 1 aromatic rings. The number of nitrogens with zero attached hydrogens (tertiary/aromatic N) is 3. The third kappa shape index (κ3) is 3.16. The molecular weight excluding hydrogens is 188 g/mol. The lowest BCUT2D eigenvalue weighted by molar-refractivity contribution is 0.778. The summed E-state index contributed by atoms with van der Waals surface area (Å²) in [4.78, 5) is 10.9. The predicted molar refractivity (Wildman–Crippen MR) is 63.1 cm³/mol. The zero-order valence-electron chi connectivity index (χ0n) is 10.0. The number of hydrogen-bond acceptors (Lipinski definition) is 4. The Hall–Kier alpha value is -1.16. The molecule has 15 heavy (non-hydrogen) atoms. The molecule has 84 valence electrons. The van der Waals surface area contributed by atoms with E-state index in [1.54, 1.807) is 0 Å². The lowest BCUT2D eigenvalue weighted by atomic mass is 10.2. The van der Waals surface area contributed by atoms with E-state index in [-0.39, 0.29) is 0 Å². The average Bonchev–Trinajstić information content (AvgIpc) is 2.21. The molecule has 0 aliphatic carbocycles. The second-order valence-electron chi connectivity index (χ2n) is 3.73. The molecule has 4 heteroatoms. The topological polar surface area (TPSA) is 41.1 Å². The molecule has 0 aliphatic heterocycles. The molecule has 1 rings (SSSR count). The molecule has 0 saturated carbocycles. The van der Waals surface area contributed by atoms with Crippen LogP contribution in [0.1, 0.15) is 24.6 Å². The summed E-state index contributed by atoms with van der Waals surface area (Å²) in [5.41, 5.74) is 2.21. The number of anilines is 1. The number of rotatable bonds is 5. The van der Waals surface area contributed by atoms with Gasteiger partial charge in [0.05, 0.1) is 0 Å². The fourth-order valence-corrected chi connectivity index (χ4v) is 1.46. The third-order valence-electron chi connectivity index (χ3n) is 2.34. The van der Waals surface area contributed by atoms with Gasteiger partial charge in [-0.25, -0.2) is 9.97 Å². The Morgan fingerprint density at radius 2 is 2.20 bits per heavy atom. The highest BCUT2D eigenvalue weighted by molar-refractivity contribution is 5.31. The molecule has 0 atom stereocenters. The van der Waals surface area contributed by atoms with Gasteiger partial charge < -0.3 is 10.2 Å². The highest BCUT2D eigenvalue weighted by atomic mass is 15.2. The largest absolute Gasteiger partial charge is 0.344 e. The molecule has 0 aliphatic rings. The average molecular weight is 208 g/mol. The minimum Gasteiger partial charge on any atom is -0.344 e. The van der Waals surface area contributed by atoms with E-state index in [0.717, 1.165) is 36.7 Å². The Morgan fingerprint density at radius 1 is 1.47 bits per heavy atom. The van der Waals surface area contributed by atoms with Crippen molar-refractivity contribution in [2.45, 2.75) is 26.8 Å². The quantitative estimate of drug-likeness (QED) is 0.793. The van der Waals surface area contributed by atoms with Crippen molar-refractivity contribution in [2.24, 2.45) is 0 Å². The molecule has 1 N–H and O–H groups in total. The van der Waals surface area contributed by atoms with E-state index >= 15 is 0 Å². The van der Waals surface area contributed by atoms with Gasteiger partial charge in [0.1, 0.15) is 0 Å². The van der Waals surface area contributed by atoms with Crippen LogP contribution in [0.3, 0.4) is 0 Å². The van der Waals surface area contributed by atoms with Crippen LogP contribution in [-0.4, -0.2) is 30.6 Å².